The van der Waals surface area contributed by atoms with Crippen LogP contribution in [0.1, 0.15) is 61.3 Å². The zero-order valence-corrected chi connectivity index (χ0v) is 25.4. The smallest absolute Gasteiger partial charge is 0.229 e. The van der Waals surface area contributed by atoms with E-state index in [9.17, 15) is 18.0 Å². The first-order chi connectivity index (χ1) is 20.1. The van der Waals surface area contributed by atoms with E-state index in [-0.39, 0.29) is 29.2 Å². The van der Waals surface area contributed by atoms with Gasteiger partial charge < -0.3 is 15.1 Å². The van der Waals surface area contributed by atoms with Crippen LogP contribution in [-0.2, 0) is 26.0 Å². The highest BCUT2D eigenvalue weighted by Crippen LogP contribution is 2.42. The number of nitrogens with zero attached hydrogens (tertiary/aromatic N) is 2. The molecular weight excluding hydrogens is 546 g/mol. The largest absolute Gasteiger partial charge is 0.349 e. The van der Waals surface area contributed by atoms with Gasteiger partial charge in [0.25, 0.3) is 0 Å². The molecule has 2 amide bonds. The van der Waals surface area contributed by atoms with Crippen molar-refractivity contribution in [3.8, 4) is 0 Å². The minimum atomic E-state index is -3.24. The van der Waals surface area contributed by atoms with Gasteiger partial charge in [-0.3, -0.25) is 9.59 Å². The van der Waals surface area contributed by atoms with Crippen molar-refractivity contribution in [3.05, 3.63) is 102 Å². The number of likely N-dealkylation sites (tertiary alicyclic amines) is 2. The molecule has 1 N–H and O–H groups in total. The summed E-state index contributed by atoms with van der Waals surface area (Å²) in [5, 5.41) is 3.31. The summed E-state index contributed by atoms with van der Waals surface area (Å²) in [5.41, 5.74) is 2.75. The number of hydrogen-bond acceptors (Lipinski definition) is 5. The summed E-state index contributed by atoms with van der Waals surface area (Å²) in [6, 6.07) is 26.8. The fourth-order valence-electron chi connectivity index (χ4n) is 6.28. The molecule has 222 valence electrons. The van der Waals surface area contributed by atoms with Crippen LogP contribution in [0, 0.1) is 5.41 Å². The minimum Gasteiger partial charge on any atom is -0.349 e. The summed E-state index contributed by atoms with van der Waals surface area (Å²) in [4.78, 5) is 31.4. The number of piperidine rings is 1. The Kier molecular flexibility index (Phi) is 9.13. The second kappa shape index (κ2) is 12.8. The van der Waals surface area contributed by atoms with Crippen LogP contribution in [0.15, 0.2) is 89.8 Å². The topological polar surface area (TPSA) is 86.8 Å². The zero-order valence-electron chi connectivity index (χ0n) is 24.5. The van der Waals surface area contributed by atoms with Gasteiger partial charge in [-0.15, -0.1) is 0 Å². The highest BCUT2D eigenvalue weighted by molar-refractivity contribution is 7.90. The van der Waals surface area contributed by atoms with E-state index in [2.05, 4.69) is 22.3 Å². The molecular formula is C34H41N3O4S. The van der Waals surface area contributed by atoms with Crippen molar-refractivity contribution in [1.29, 1.82) is 0 Å². The lowest BCUT2D eigenvalue weighted by Crippen LogP contribution is -2.45. The maximum absolute atomic E-state index is 13.5. The van der Waals surface area contributed by atoms with E-state index in [1.165, 1.54) is 6.26 Å². The normalized spacial score (nSPS) is 18.6. The molecule has 0 unspecified atom stereocenters. The third kappa shape index (κ3) is 6.93. The van der Waals surface area contributed by atoms with Crippen LogP contribution in [0.2, 0.25) is 0 Å². The third-order valence-corrected chi connectivity index (χ3v) is 10.2. The van der Waals surface area contributed by atoms with Crippen LogP contribution in [0.4, 0.5) is 0 Å². The average Bonchev–Trinajstić information content (AvgIpc) is 3.30. The summed E-state index contributed by atoms with van der Waals surface area (Å²) in [6.07, 6.45) is 4.53. The van der Waals surface area contributed by atoms with Crippen molar-refractivity contribution >= 4 is 21.7 Å². The first-order valence-corrected chi connectivity index (χ1v) is 16.7. The second-order valence-corrected chi connectivity index (χ2v) is 13.9. The number of sulfone groups is 1. The number of carbonyl (C=O) groups excluding carboxylic acids is 2. The molecule has 2 saturated heterocycles. The Morgan fingerprint density at radius 2 is 1.43 bits per heavy atom. The Bertz CT molecular complexity index is 1470. The fourth-order valence-corrected chi connectivity index (χ4v) is 6.91. The Morgan fingerprint density at radius 3 is 2.02 bits per heavy atom. The predicted molar refractivity (Wildman–Crippen MR) is 164 cm³/mol. The van der Waals surface area contributed by atoms with Crippen LogP contribution in [0.3, 0.4) is 0 Å². The van der Waals surface area contributed by atoms with Crippen molar-refractivity contribution < 1.29 is 18.0 Å². The quantitative estimate of drug-likeness (QED) is 0.363. The van der Waals surface area contributed by atoms with E-state index in [1.807, 2.05) is 60.4 Å². The molecule has 1 spiro atoms. The number of carbonyl (C=O) groups is 2. The molecule has 7 nitrogen and oxygen atoms in total. The summed E-state index contributed by atoms with van der Waals surface area (Å²) < 4.78 is 23.5. The molecule has 2 aliphatic heterocycles. The van der Waals surface area contributed by atoms with Crippen LogP contribution in [0.25, 0.3) is 0 Å². The first kappa shape index (κ1) is 30.0. The van der Waals surface area contributed by atoms with Crippen LogP contribution < -0.4 is 5.32 Å². The maximum atomic E-state index is 13.5. The SMILES string of the molecule is C[C@H](C(=O)N[C@H](CCN1CCC2(CC1)CCN(Cc1ccc(S(C)(=O)=O)cc1)C2=O)c1ccccc1)c1ccccc1. The van der Waals surface area contributed by atoms with Crippen LogP contribution in [-0.4, -0.2) is 62.5 Å². The summed E-state index contributed by atoms with van der Waals surface area (Å²) in [6.45, 7) is 5.75. The van der Waals surface area contributed by atoms with E-state index in [0.717, 1.165) is 68.6 Å². The van der Waals surface area contributed by atoms with E-state index >= 15 is 0 Å². The van der Waals surface area contributed by atoms with Crippen molar-refractivity contribution in [2.45, 2.75) is 56.0 Å². The van der Waals surface area contributed by atoms with Gasteiger partial charge in [-0.05, 0) is 74.5 Å². The molecule has 42 heavy (non-hydrogen) atoms. The highest BCUT2D eigenvalue weighted by Gasteiger charge is 2.47. The molecule has 2 fully saturated rings. The van der Waals surface area contributed by atoms with Crippen LogP contribution in [0.5, 0.6) is 0 Å². The standard InChI is InChI=1S/C34H41N3O4S/c1-26(28-9-5-3-6-10-28)32(38)35-31(29-11-7-4-8-12-29)17-21-36-22-18-34(19-23-36)20-24-37(33(34)39)25-27-13-15-30(16-14-27)42(2,40)41/h3-16,26,31H,17-25H2,1-2H3,(H,35,38)/t26-,31+/m0/s1. The molecule has 8 heteroatoms. The van der Waals surface area contributed by atoms with Gasteiger partial charge in [-0.25, -0.2) is 8.42 Å². The molecule has 3 aromatic rings. The Labute approximate surface area is 249 Å². The number of nitrogens with one attached hydrogen (secondary N) is 1. The maximum Gasteiger partial charge on any atom is 0.229 e. The molecule has 5 rings (SSSR count). The van der Waals surface area contributed by atoms with Crippen molar-refractivity contribution in [1.82, 2.24) is 15.1 Å². The average molecular weight is 588 g/mol. The number of rotatable bonds is 10. The van der Waals surface area contributed by atoms with Crippen molar-refractivity contribution in [3.63, 3.8) is 0 Å². The minimum absolute atomic E-state index is 0.0234. The number of amides is 2. The second-order valence-electron chi connectivity index (χ2n) is 11.9. The molecule has 0 aliphatic carbocycles. The number of hydrogen-bond donors (Lipinski definition) is 1. The lowest BCUT2D eigenvalue weighted by Gasteiger charge is -2.38. The lowest BCUT2D eigenvalue weighted by atomic mass is 9.77. The monoisotopic (exact) mass is 587 g/mol. The molecule has 3 aromatic carbocycles. The summed E-state index contributed by atoms with van der Waals surface area (Å²) in [7, 11) is -3.24. The van der Waals surface area contributed by atoms with E-state index < -0.39 is 9.84 Å². The molecule has 0 saturated carbocycles. The molecule has 2 heterocycles. The fraction of sp³-hybridized carbons (Fsp3) is 0.412. The third-order valence-electron chi connectivity index (χ3n) is 9.08. The zero-order chi connectivity index (χ0) is 29.7. The van der Waals surface area contributed by atoms with Gasteiger partial charge in [-0.2, -0.15) is 0 Å². The lowest BCUT2D eigenvalue weighted by molar-refractivity contribution is -0.139. The predicted octanol–water partition coefficient (Wildman–Crippen LogP) is 4.96. The summed E-state index contributed by atoms with van der Waals surface area (Å²) >= 11 is 0. The van der Waals surface area contributed by atoms with Gasteiger partial charge in [0.2, 0.25) is 11.8 Å². The molecule has 0 bridgehead atoms. The van der Waals surface area contributed by atoms with E-state index in [4.69, 9.17) is 0 Å². The van der Waals surface area contributed by atoms with Gasteiger partial charge in [0, 0.05) is 25.9 Å². The van der Waals surface area contributed by atoms with Gasteiger partial charge >= 0.3 is 0 Å². The number of benzene rings is 3. The molecule has 2 aliphatic rings. The van der Waals surface area contributed by atoms with Gasteiger partial charge in [0.15, 0.2) is 9.84 Å². The van der Waals surface area contributed by atoms with E-state index in [1.54, 1.807) is 24.3 Å². The Balaban J connectivity index is 1.16. The van der Waals surface area contributed by atoms with Gasteiger partial charge in [-0.1, -0.05) is 72.8 Å². The molecule has 0 radical (unpaired) electrons. The van der Waals surface area contributed by atoms with E-state index in [0.29, 0.717) is 11.4 Å². The van der Waals surface area contributed by atoms with Crippen molar-refractivity contribution in [2.75, 3.05) is 32.4 Å². The van der Waals surface area contributed by atoms with Crippen molar-refractivity contribution in [2.24, 2.45) is 5.41 Å². The Hall–Kier alpha value is -3.49. The molecule has 2 atom stereocenters. The molecule has 0 aromatic heterocycles. The van der Waals surface area contributed by atoms with Gasteiger partial charge in [0.1, 0.15) is 0 Å². The van der Waals surface area contributed by atoms with Crippen LogP contribution >= 0.6 is 0 Å². The summed E-state index contributed by atoms with van der Waals surface area (Å²) in [5.74, 6) is 0.00937. The first-order valence-electron chi connectivity index (χ1n) is 14.9. The Morgan fingerprint density at radius 1 is 0.857 bits per heavy atom. The van der Waals surface area contributed by atoms with Gasteiger partial charge in [0.05, 0.1) is 22.3 Å². The highest BCUT2D eigenvalue weighted by atomic mass is 32.2.